The molecule has 210 valence electrons. The highest BCUT2D eigenvalue weighted by atomic mass is 31.2. The Morgan fingerprint density at radius 1 is 0.946 bits per heavy atom. The monoisotopic (exact) mass is 552 g/mol. The second-order valence-electron chi connectivity index (χ2n) is 7.70. The summed E-state index contributed by atoms with van der Waals surface area (Å²) in [5.41, 5.74) is 0. The van der Waals surface area contributed by atoms with E-state index in [1.807, 2.05) is 0 Å². The van der Waals surface area contributed by atoms with Gasteiger partial charge in [-0.2, -0.15) is 0 Å². The van der Waals surface area contributed by atoms with Crippen molar-refractivity contribution in [2.75, 3.05) is 26.4 Å². The third kappa shape index (κ3) is 13.9. The molecule has 15 nitrogen and oxygen atoms in total. The summed E-state index contributed by atoms with van der Waals surface area (Å²) >= 11 is 0. The van der Waals surface area contributed by atoms with Crippen molar-refractivity contribution in [3.8, 4) is 0 Å². The van der Waals surface area contributed by atoms with Crippen molar-refractivity contribution in [3.05, 3.63) is 0 Å². The number of rotatable bonds is 18. The Kier molecular flexibility index (Phi) is 14.6. The van der Waals surface area contributed by atoms with Crippen molar-refractivity contribution in [2.45, 2.75) is 71.3 Å². The van der Waals surface area contributed by atoms with E-state index in [-0.39, 0.29) is 64.7 Å². The van der Waals surface area contributed by atoms with Gasteiger partial charge in [0.05, 0.1) is 13.2 Å². The standard InChI is InChI=1S/C21H33N2O13P/c1-3-19(27)32-13-15(35-20(28)4-2)14-34-37(30,31)33-12-11-22-16(24)7-5-6-8-21(29)36-23-17(25)9-10-18(23)26/h15H,3-14H2,1-2H3,(H,22,24)(H,30,31). The number of amides is 3. The number of carbonyl (C=O) groups excluding carboxylic acids is 6. The van der Waals surface area contributed by atoms with Crippen LogP contribution in [0.25, 0.3) is 0 Å². The number of nitrogens with zero attached hydrogens (tertiary/aromatic N) is 1. The van der Waals surface area contributed by atoms with Gasteiger partial charge in [-0.3, -0.25) is 33.0 Å². The number of esters is 2. The van der Waals surface area contributed by atoms with Gasteiger partial charge in [-0.15, -0.1) is 5.06 Å². The lowest BCUT2D eigenvalue weighted by atomic mass is 10.2. The molecule has 0 aromatic rings. The van der Waals surface area contributed by atoms with Gasteiger partial charge in [0.25, 0.3) is 11.8 Å². The fraction of sp³-hybridized carbons (Fsp3) is 0.714. The molecule has 0 aromatic carbocycles. The molecular weight excluding hydrogens is 519 g/mol. The van der Waals surface area contributed by atoms with Gasteiger partial charge in [0.15, 0.2) is 6.10 Å². The molecule has 0 saturated carbocycles. The van der Waals surface area contributed by atoms with Gasteiger partial charge < -0.3 is 24.5 Å². The Morgan fingerprint density at radius 2 is 1.57 bits per heavy atom. The zero-order valence-corrected chi connectivity index (χ0v) is 21.7. The SMILES string of the molecule is CCC(=O)OCC(COP(=O)(O)OCCNC(=O)CCCCC(=O)ON1C(=O)CCC1=O)OC(=O)CC. The minimum atomic E-state index is -4.56. The molecule has 2 atom stereocenters. The number of phosphoric acid groups is 1. The fourth-order valence-corrected chi connectivity index (χ4v) is 3.44. The first-order chi connectivity index (χ1) is 17.5. The van der Waals surface area contributed by atoms with Crippen LogP contribution >= 0.6 is 7.82 Å². The number of nitrogens with one attached hydrogen (secondary N) is 1. The number of carbonyl (C=O) groups is 6. The first-order valence-electron chi connectivity index (χ1n) is 11.8. The Labute approximate surface area is 213 Å². The molecule has 1 fully saturated rings. The number of imide groups is 1. The first kappa shape index (κ1) is 32.2. The molecule has 3 amide bonds. The highest BCUT2D eigenvalue weighted by Crippen LogP contribution is 2.43. The zero-order chi connectivity index (χ0) is 27.8. The van der Waals surface area contributed by atoms with Gasteiger partial charge in [0.1, 0.15) is 6.61 Å². The normalized spacial score (nSPS) is 15.6. The quantitative estimate of drug-likeness (QED) is 0.104. The molecule has 0 spiro atoms. The summed E-state index contributed by atoms with van der Waals surface area (Å²) in [4.78, 5) is 83.6. The van der Waals surface area contributed by atoms with Crippen molar-refractivity contribution in [2.24, 2.45) is 0 Å². The van der Waals surface area contributed by atoms with E-state index in [0.29, 0.717) is 11.5 Å². The summed E-state index contributed by atoms with van der Waals surface area (Å²) < 4.78 is 31.4. The Bertz CT molecular complexity index is 863. The van der Waals surface area contributed by atoms with Gasteiger partial charge in [-0.1, -0.05) is 13.8 Å². The van der Waals surface area contributed by atoms with Gasteiger partial charge in [-0.05, 0) is 12.8 Å². The molecule has 1 saturated heterocycles. The summed E-state index contributed by atoms with van der Waals surface area (Å²) in [6, 6.07) is 0. The molecule has 0 bridgehead atoms. The Balaban J connectivity index is 2.22. The lowest BCUT2D eigenvalue weighted by Crippen LogP contribution is -2.32. The van der Waals surface area contributed by atoms with Gasteiger partial charge >= 0.3 is 25.7 Å². The van der Waals surface area contributed by atoms with Crippen LogP contribution in [0.5, 0.6) is 0 Å². The van der Waals surface area contributed by atoms with Crippen LogP contribution in [-0.2, 0) is 56.7 Å². The summed E-state index contributed by atoms with van der Waals surface area (Å²) in [5.74, 6) is -3.48. The average molecular weight is 552 g/mol. The third-order valence-corrected chi connectivity index (χ3v) is 5.63. The van der Waals surface area contributed by atoms with Crippen LogP contribution in [-0.4, -0.2) is 78.1 Å². The molecule has 2 N–H and O–H groups in total. The second kappa shape index (κ2) is 16.8. The summed E-state index contributed by atoms with van der Waals surface area (Å²) in [6.07, 6.45) is -0.443. The Morgan fingerprint density at radius 3 is 2.19 bits per heavy atom. The number of ether oxygens (including phenoxy) is 2. The van der Waals surface area contributed by atoms with E-state index < -0.39 is 56.2 Å². The van der Waals surface area contributed by atoms with Crippen LogP contribution in [0.2, 0.25) is 0 Å². The predicted molar refractivity (Wildman–Crippen MR) is 122 cm³/mol. The maximum absolute atomic E-state index is 12.0. The van der Waals surface area contributed by atoms with Gasteiger partial charge in [0.2, 0.25) is 5.91 Å². The lowest BCUT2D eigenvalue weighted by Gasteiger charge is -2.19. The maximum Gasteiger partial charge on any atom is 0.472 e. The topological polar surface area (TPSA) is 201 Å². The summed E-state index contributed by atoms with van der Waals surface area (Å²) in [5, 5.41) is 2.92. The van der Waals surface area contributed by atoms with E-state index in [1.165, 1.54) is 0 Å². The van der Waals surface area contributed by atoms with Crippen molar-refractivity contribution in [3.63, 3.8) is 0 Å². The third-order valence-electron chi connectivity index (χ3n) is 4.64. The molecule has 1 rings (SSSR count). The molecule has 1 aliphatic heterocycles. The molecule has 0 aliphatic carbocycles. The molecule has 0 aromatic heterocycles. The van der Waals surface area contributed by atoms with E-state index in [2.05, 4.69) is 5.32 Å². The van der Waals surface area contributed by atoms with E-state index in [4.69, 9.17) is 23.4 Å². The average Bonchev–Trinajstić information content (AvgIpc) is 3.17. The largest absolute Gasteiger partial charge is 0.472 e. The number of hydroxylamine groups is 2. The Hall–Kier alpha value is -2.87. The van der Waals surface area contributed by atoms with Crippen LogP contribution in [0.4, 0.5) is 0 Å². The molecular formula is C21H33N2O13P. The summed E-state index contributed by atoms with van der Waals surface area (Å²) in [7, 11) is -4.56. The molecule has 37 heavy (non-hydrogen) atoms. The van der Waals surface area contributed by atoms with Gasteiger partial charge in [0, 0.05) is 45.1 Å². The minimum Gasteiger partial charge on any atom is -0.462 e. The van der Waals surface area contributed by atoms with Crippen LogP contribution in [0, 0.1) is 0 Å². The highest BCUT2D eigenvalue weighted by Gasteiger charge is 2.32. The zero-order valence-electron chi connectivity index (χ0n) is 20.8. The second-order valence-corrected chi connectivity index (χ2v) is 9.16. The van der Waals surface area contributed by atoms with E-state index in [9.17, 15) is 38.2 Å². The molecule has 2 unspecified atom stereocenters. The van der Waals surface area contributed by atoms with Crippen LogP contribution in [0.1, 0.15) is 65.2 Å². The number of hydrogen-bond donors (Lipinski definition) is 2. The van der Waals surface area contributed by atoms with Crippen molar-refractivity contribution in [1.29, 1.82) is 0 Å². The first-order valence-corrected chi connectivity index (χ1v) is 13.3. The van der Waals surface area contributed by atoms with Crippen molar-refractivity contribution in [1.82, 2.24) is 10.4 Å². The lowest BCUT2D eigenvalue weighted by molar-refractivity contribution is -0.197. The van der Waals surface area contributed by atoms with E-state index >= 15 is 0 Å². The highest BCUT2D eigenvalue weighted by molar-refractivity contribution is 7.47. The molecule has 1 aliphatic rings. The predicted octanol–water partition coefficient (Wildman–Crippen LogP) is 0.679. The van der Waals surface area contributed by atoms with Crippen LogP contribution < -0.4 is 5.32 Å². The van der Waals surface area contributed by atoms with Crippen LogP contribution in [0.3, 0.4) is 0 Å². The number of hydrogen-bond acceptors (Lipinski definition) is 12. The minimum absolute atomic E-state index is 0.00106. The van der Waals surface area contributed by atoms with E-state index in [1.54, 1.807) is 13.8 Å². The fourth-order valence-electron chi connectivity index (χ4n) is 2.69. The van der Waals surface area contributed by atoms with Gasteiger partial charge in [-0.25, -0.2) is 9.36 Å². The smallest absolute Gasteiger partial charge is 0.462 e. The molecule has 16 heteroatoms. The summed E-state index contributed by atoms with van der Waals surface area (Å²) in [6.45, 7) is 1.71. The number of phosphoric ester groups is 1. The van der Waals surface area contributed by atoms with Crippen LogP contribution in [0.15, 0.2) is 0 Å². The number of unbranched alkanes of at least 4 members (excludes halogenated alkanes) is 1. The molecule has 0 radical (unpaired) electrons. The molecule has 1 heterocycles. The van der Waals surface area contributed by atoms with Crippen molar-refractivity contribution >= 4 is 43.5 Å². The van der Waals surface area contributed by atoms with E-state index in [0.717, 1.165) is 0 Å². The maximum atomic E-state index is 12.0. The van der Waals surface area contributed by atoms with Crippen molar-refractivity contribution < 1.29 is 61.6 Å².